The van der Waals surface area contributed by atoms with E-state index in [0.29, 0.717) is 11.4 Å². The summed E-state index contributed by atoms with van der Waals surface area (Å²) in [6, 6.07) is 1.78. The molecular weight excluding hydrogens is 256 g/mol. The van der Waals surface area contributed by atoms with Crippen LogP contribution in [0.5, 0.6) is 0 Å². The van der Waals surface area contributed by atoms with Crippen LogP contribution in [0.2, 0.25) is 0 Å². The molecule has 2 aromatic heterocycles. The summed E-state index contributed by atoms with van der Waals surface area (Å²) in [7, 11) is 0. The van der Waals surface area contributed by atoms with Crippen LogP contribution in [0.1, 0.15) is 35.0 Å². The highest BCUT2D eigenvalue weighted by Crippen LogP contribution is 2.20. The Kier molecular flexibility index (Phi) is 4.34. The Morgan fingerprint density at radius 2 is 2.20 bits per heavy atom. The second-order valence-corrected chi connectivity index (χ2v) is 4.52. The van der Waals surface area contributed by atoms with Crippen molar-refractivity contribution in [3.63, 3.8) is 0 Å². The molecule has 0 saturated heterocycles. The molecule has 1 amide bonds. The van der Waals surface area contributed by atoms with Crippen LogP contribution in [-0.4, -0.2) is 22.6 Å². The average molecular weight is 274 g/mol. The third-order valence-electron chi connectivity index (χ3n) is 3.02. The molecule has 0 saturated carbocycles. The Hall–Kier alpha value is -2.37. The van der Waals surface area contributed by atoms with Gasteiger partial charge in [0, 0.05) is 24.5 Å². The van der Waals surface area contributed by atoms with Crippen LogP contribution in [0.15, 0.2) is 23.0 Å². The average Bonchev–Trinajstić information content (AvgIpc) is 2.77. The van der Waals surface area contributed by atoms with Gasteiger partial charge in [0.2, 0.25) is 5.88 Å². The molecule has 20 heavy (non-hydrogen) atoms. The molecule has 0 aliphatic carbocycles. The van der Waals surface area contributed by atoms with Gasteiger partial charge in [-0.15, -0.1) is 0 Å². The van der Waals surface area contributed by atoms with E-state index >= 15 is 0 Å². The Balaban J connectivity index is 2.19. The number of carbonyl (C=O) groups is 1. The van der Waals surface area contributed by atoms with Gasteiger partial charge in [-0.2, -0.15) is 0 Å². The fourth-order valence-electron chi connectivity index (χ4n) is 1.69. The summed E-state index contributed by atoms with van der Waals surface area (Å²) < 4.78 is 5.09. The van der Waals surface area contributed by atoms with E-state index in [1.54, 1.807) is 12.3 Å². The Morgan fingerprint density at radius 1 is 1.40 bits per heavy atom. The van der Waals surface area contributed by atoms with Gasteiger partial charge < -0.3 is 9.84 Å². The van der Waals surface area contributed by atoms with Crippen molar-refractivity contribution < 1.29 is 9.32 Å². The van der Waals surface area contributed by atoms with Crippen LogP contribution in [0.25, 0.3) is 0 Å². The summed E-state index contributed by atoms with van der Waals surface area (Å²) in [6.07, 6.45) is 4.16. The van der Waals surface area contributed by atoms with Gasteiger partial charge in [0.15, 0.2) is 0 Å². The van der Waals surface area contributed by atoms with Gasteiger partial charge in [-0.3, -0.25) is 15.1 Å². The van der Waals surface area contributed by atoms with E-state index in [4.69, 9.17) is 4.52 Å². The molecule has 0 aliphatic heterocycles. The summed E-state index contributed by atoms with van der Waals surface area (Å²) in [6.45, 7) is 6.53. The lowest BCUT2D eigenvalue weighted by molar-refractivity contribution is 0.102. The molecule has 6 heteroatoms. The first kappa shape index (κ1) is 14.0. The van der Waals surface area contributed by atoms with Crippen molar-refractivity contribution in [2.24, 2.45) is 0 Å². The molecule has 0 aliphatic rings. The first-order chi connectivity index (χ1) is 9.63. The van der Waals surface area contributed by atoms with E-state index in [1.165, 1.54) is 6.20 Å². The smallest absolute Gasteiger partial charge is 0.261 e. The molecule has 6 nitrogen and oxygen atoms in total. The van der Waals surface area contributed by atoms with Crippen LogP contribution < -0.4 is 10.6 Å². The molecular formula is C14H18N4O2. The minimum absolute atomic E-state index is 0.268. The fraction of sp³-hybridized carbons (Fsp3) is 0.357. The molecule has 2 heterocycles. The largest absolute Gasteiger partial charge is 0.384 e. The zero-order valence-corrected chi connectivity index (χ0v) is 11.9. The van der Waals surface area contributed by atoms with Crippen LogP contribution in [-0.2, 0) is 0 Å². The summed E-state index contributed by atoms with van der Waals surface area (Å²) in [5, 5.41) is 9.73. The van der Waals surface area contributed by atoms with Gasteiger partial charge in [-0.25, -0.2) is 0 Å². The molecule has 0 radical (unpaired) electrons. The van der Waals surface area contributed by atoms with E-state index in [2.05, 4.69) is 27.7 Å². The number of carbonyl (C=O) groups excluding carboxylic acids is 1. The molecule has 0 aromatic carbocycles. The number of nitrogens with one attached hydrogen (secondary N) is 2. The second kappa shape index (κ2) is 6.18. The van der Waals surface area contributed by atoms with Crippen molar-refractivity contribution in [3.05, 3.63) is 35.3 Å². The van der Waals surface area contributed by atoms with E-state index < -0.39 is 0 Å². The maximum Gasteiger partial charge on any atom is 0.261 e. The van der Waals surface area contributed by atoms with Crippen molar-refractivity contribution in [1.29, 1.82) is 0 Å². The van der Waals surface area contributed by atoms with E-state index in [9.17, 15) is 4.79 Å². The number of aromatic nitrogens is 2. The maximum absolute atomic E-state index is 12.3. The number of amides is 1. The lowest BCUT2D eigenvalue weighted by Crippen LogP contribution is -2.15. The molecule has 0 unspecified atom stereocenters. The highest BCUT2D eigenvalue weighted by molar-refractivity contribution is 6.07. The number of hydrogen-bond donors (Lipinski definition) is 2. The summed E-state index contributed by atoms with van der Waals surface area (Å²) >= 11 is 0. The second-order valence-electron chi connectivity index (χ2n) is 4.52. The van der Waals surface area contributed by atoms with Crippen molar-refractivity contribution in [1.82, 2.24) is 10.1 Å². The quantitative estimate of drug-likeness (QED) is 0.876. The van der Waals surface area contributed by atoms with E-state index in [0.717, 1.165) is 29.9 Å². The third kappa shape index (κ3) is 2.96. The number of nitrogens with zero attached hydrogens (tertiary/aromatic N) is 2. The lowest BCUT2D eigenvalue weighted by Gasteiger charge is -2.10. The molecule has 2 rings (SSSR count). The van der Waals surface area contributed by atoms with Gasteiger partial charge in [0.25, 0.3) is 5.91 Å². The topological polar surface area (TPSA) is 80.0 Å². The monoisotopic (exact) mass is 274 g/mol. The third-order valence-corrected chi connectivity index (χ3v) is 3.02. The van der Waals surface area contributed by atoms with Crippen molar-refractivity contribution in [3.8, 4) is 0 Å². The van der Waals surface area contributed by atoms with Crippen LogP contribution >= 0.6 is 0 Å². The van der Waals surface area contributed by atoms with E-state index in [1.807, 2.05) is 13.8 Å². The van der Waals surface area contributed by atoms with Gasteiger partial charge >= 0.3 is 0 Å². The standard InChI is InChI=1S/C14H18N4O2/c1-4-6-16-12-5-7-15-8-11(12)13(19)17-14-9(2)10(3)18-20-14/h5,7-8H,4,6H2,1-3H3,(H,15,16)(H,17,19). The highest BCUT2D eigenvalue weighted by Gasteiger charge is 2.16. The first-order valence-corrected chi connectivity index (χ1v) is 6.55. The van der Waals surface area contributed by atoms with Crippen LogP contribution in [0.4, 0.5) is 11.6 Å². The minimum Gasteiger partial charge on any atom is -0.384 e. The Morgan fingerprint density at radius 3 is 2.85 bits per heavy atom. The maximum atomic E-state index is 12.3. The predicted octanol–water partition coefficient (Wildman–Crippen LogP) is 2.76. The summed E-state index contributed by atoms with van der Waals surface area (Å²) in [4.78, 5) is 16.3. The van der Waals surface area contributed by atoms with Gasteiger partial charge in [-0.05, 0) is 26.3 Å². The molecule has 2 aromatic rings. The number of pyridine rings is 1. The number of rotatable bonds is 5. The highest BCUT2D eigenvalue weighted by atomic mass is 16.5. The SMILES string of the molecule is CCCNc1ccncc1C(=O)Nc1onc(C)c1C. The number of aryl methyl sites for hydroxylation is 1. The zero-order chi connectivity index (χ0) is 14.5. The first-order valence-electron chi connectivity index (χ1n) is 6.55. The van der Waals surface area contributed by atoms with Crippen molar-refractivity contribution >= 4 is 17.5 Å². The normalized spacial score (nSPS) is 10.3. The Labute approximate surface area is 117 Å². The Bertz CT molecular complexity index is 607. The molecule has 0 fully saturated rings. The number of hydrogen-bond acceptors (Lipinski definition) is 5. The van der Waals surface area contributed by atoms with Gasteiger partial charge in [0.1, 0.15) is 0 Å². The predicted molar refractivity (Wildman–Crippen MR) is 76.9 cm³/mol. The summed E-state index contributed by atoms with van der Waals surface area (Å²) in [5.41, 5.74) is 2.82. The lowest BCUT2D eigenvalue weighted by atomic mass is 10.2. The molecule has 106 valence electrons. The molecule has 0 spiro atoms. The van der Waals surface area contributed by atoms with Gasteiger partial charge in [-0.1, -0.05) is 12.1 Å². The minimum atomic E-state index is -0.268. The summed E-state index contributed by atoms with van der Waals surface area (Å²) in [5.74, 6) is 0.105. The van der Waals surface area contributed by atoms with Crippen molar-refractivity contribution in [2.75, 3.05) is 17.2 Å². The number of anilines is 2. The fourth-order valence-corrected chi connectivity index (χ4v) is 1.69. The van der Waals surface area contributed by atoms with Crippen LogP contribution in [0, 0.1) is 13.8 Å². The van der Waals surface area contributed by atoms with E-state index in [-0.39, 0.29) is 5.91 Å². The van der Waals surface area contributed by atoms with Crippen LogP contribution in [0.3, 0.4) is 0 Å². The molecule has 0 atom stereocenters. The zero-order valence-electron chi connectivity index (χ0n) is 11.9. The molecule has 0 bridgehead atoms. The van der Waals surface area contributed by atoms with Crippen molar-refractivity contribution in [2.45, 2.75) is 27.2 Å². The molecule has 2 N–H and O–H groups in total. The van der Waals surface area contributed by atoms with Gasteiger partial charge in [0.05, 0.1) is 16.9 Å².